The molecule has 0 aromatic carbocycles. The fourth-order valence-electron chi connectivity index (χ4n) is 2.39. The van der Waals surface area contributed by atoms with Crippen molar-refractivity contribution in [1.82, 2.24) is 13.8 Å². The smallest absolute Gasteiger partial charge is 0.277 e. The standard InChI is InChI=1S/C12H19ClN4O3S/c1-2-3-16-9-10(13)8-11(16)12(18)15-4-6-17(7-5-15)21(14,19)20/h8-9H,2-7H2,1H3,(H2,14,19,20). The van der Waals surface area contributed by atoms with Crippen LogP contribution in [0.4, 0.5) is 0 Å². The summed E-state index contributed by atoms with van der Waals surface area (Å²) in [5.41, 5.74) is 0.533. The van der Waals surface area contributed by atoms with Crippen LogP contribution >= 0.6 is 11.6 Å². The maximum atomic E-state index is 12.5. The molecule has 0 atom stereocenters. The molecule has 1 aromatic rings. The van der Waals surface area contributed by atoms with Gasteiger partial charge in [-0.2, -0.15) is 12.7 Å². The first-order valence-corrected chi connectivity index (χ1v) is 8.64. The molecule has 2 rings (SSSR count). The molecule has 0 saturated carbocycles. The first kappa shape index (κ1) is 16.3. The van der Waals surface area contributed by atoms with E-state index in [0.29, 0.717) is 30.4 Å². The number of halogens is 1. The molecule has 118 valence electrons. The summed E-state index contributed by atoms with van der Waals surface area (Å²) >= 11 is 5.97. The third-order valence-corrected chi connectivity index (χ3v) is 4.72. The lowest BCUT2D eigenvalue weighted by Crippen LogP contribution is -2.52. The highest BCUT2D eigenvalue weighted by Gasteiger charge is 2.28. The fraction of sp³-hybridized carbons (Fsp3) is 0.583. The quantitative estimate of drug-likeness (QED) is 0.870. The Balaban J connectivity index is 2.09. The number of aromatic nitrogens is 1. The highest BCUT2D eigenvalue weighted by molar-refractivity contribution is 7.86. The van der Waals surface area contributed by atoms with E-state index in [9.17, 15) is 13.2 Å². The number of rotatable bonds is 4. The average molecular weight is 335 g/mol. The van der Waals surface area contributed by atoms with E-state index in [0.717, 1.165) is 6.42 Å². The topological polar surface area (TPSA) is 88.6 Å². The zero-order chi connectivity index (χ0) is 15.6. The van der Waals surface area contributed by atoms with E-state index in [1.54, 1.807) is 17.2 Å². The van der Waals surface area contributed by atoms with Crippen LogP contribution in [0.3, 0.4) is 0 Å². The Bertz CT molecular complexity index is 620. The van der Waals surface area contributed by atoms with Crippen LogP contribution in [-0.2, 0) is 16.8 Å². The van der Waals surface area contributed by atoms with Gasteiger partial charge in [0.1, 0.15) is 5.69 Å². The highest BCUT2D eigenvalue weighted by Crippen LogP contribution is 2.18. The van der Waals surface area contributed by atoms with E-state index in [2.05, 4.69) is 0 Å². The minimum absolute atomic E-state index is 0.135. The Morgan fingerprint density at radius 2 is 1.95 bits per heavy atom. The second-order valence-electron chi connectivity index (χ2n) is 4.97. The summed E-state index contributed by atoms with van der Waals surface area (Å²) in [5, 5.41) is 5.61. The van der Waals surface area contributed by atoms with Crippen LogP contribution in [-0.4, -0.2) is 54.3 Å². The zero-order valence-electron chi connectivity index (χ0n) is 11.8. The van der Waals surface area contributed by atoms with Gasteiger partial charge < -0.3 is 9.47 Å². The van der Waals surface area contributed by atoms with Gasteiger partial charge >= 0.3 is 0 Å². The maximum Gasteiger partial charge on any atom is 0.277 e. The van der Waals surface area contributed by atoms with Gasteiger partial charge in [-0.05, 0) is 12.5 Å². The average Bonchev–Trinajstić information content (AvgIpc) is 2.78. The molecular weight excluding hydrogens is 316 g/mol. The highest BCUT2D eigenvalue weighted by atomic mass is 35.5. The molecule has 1 aliphatic heterocycles. The molecule has 1 aromatic heterocycles. The summed E-state index contributed by atoms with van der Waals surface area (Å²) in [6.45, 7) is 3.81. The van der Waals surface area contributed by atoms with E-state index >= 15 is 0 Å². The third-order valence-electron chi connectivity index (χ3n) is 3.43. The Labute approximate surface area is 129 Å². The van der Waals surface area contributed by atoms with E-state index in [-0.39, 0.29) is 19.0 Å². The number of nitrogens with two attached hydrogens (primary N) is 1. The zero-order valence-corrected chi connectivity index (χ0v) is 13.4. The lowest BCUT2D eigenvalue weighted by Gasteiger charge is -2.33. The Morgan fingerprint density at radius 1 is 1.33 bits per heavy atom. The number of amides is 1. The lowest BCUT2D eigenvalue weighted by molar-refractivity contribution is 0.0687. The maximum absolute atomic E-state index is 12.5. The van der Waals surface area contributed by atoms with Crippen molar-refractivity contribution >= 4 is 27.7 Å². The van der Waals surface area contributed by atoms with E-state index in [4.69, 9.17) is 16.7 Å². The van der Waals surface area contributed by atoms with Crippen molar-refractivity contribution in [3.8, 4) is 0 Å². The largest absolute Gasteiger partial charge is 0.342 e. The summed E-state index contributed by atoms with van der Waals surface area (Å²) in [4.78, 5) is 14.1. The van der Waals surface area contributed by atoms with Gasteiger partial charge in [0.2, 0.25) is 0 Å². The summed E-state index contributed by atoms with van der Waals surface area (Å²) < 4.78 is 25.5. The molecule has 1 fully saturated rings. The van der Waals surface area contributed by atoms with E-state index in [1.165, 1.54) is 4.31 Å². The minimum atomic E-state index is -3.68. The summed E-state index contributed by atoms with van der Waals surface area (Å²) in [6, 6.07) is 1.64. The number of aryl methyl sites for hydroxylation is 1. The molecule has 1 saturated heterocycles. The first-order chi connectivity index (χ1) is 9.82. The normalized spacial score (nSPS) is 17.2. The second kappa shape index (κ2) is 6.35. The van der Waals surface area contributed by atoms with E-state index in [1.807, 2.05) is 11.5 Å². The van der Waals surface area contributed by atoms with Gasteiger partial charge in [-0.25, -0.2) is 5.14 Å². The van der Waals surface area contributed by atoms with Gasteiger partial charge in [0.25, 0.3) is 16.1 Å². The molecule has 0 bridgehead atoms. The van der Waals surface area contributed by atoms with Gasteiger partial charge in [-0.3, -0.25) is 4.79 Å². The molecule has 0 unspecified atom stereocenters. The van der Waals surface area contributed by atoms with Crippen molar-refractivity contribution in [3.63, 3.8) is 0 Å². The number of hydrogen-bond acceptors (Lipinski definition) is 3. The van der Waals surface area contributed by atoms with Gasteiger partial charge in [0, 0.05) is 38.9 Å². The minimum Gasteiger partial charge on any atom is -0.342 e. The van der Waals surface area contributed by atoms with Crippen LogP contribution in [0.2, 0.25) is 5.02 Å². The summed E-state index contributed by atoms with van der Waals surface area (Å²) in [5.74, 6) is -0.135. The van der Waals surface area contributed by atoms with Crippen molar-refractivity contribution in [2.24, 2.45) is 5.14 Å². The van der Waals surface area contributed by atoms with Crippen LogP contribution in [0.15, 0.2) is 12.3 Å². The van der Waals surface area contributed by atoms with Crippen molar-refractivity contribution in [1.29, 1.82) is 0 Å². The number of hydrogen-bond donors (Lipinski definition) is 1. The molecule has 21 heavy (non-hydrogen) atoms. The van der Waals surface area contributed by atoms with Crippen LogP contribution < -0.4 is 5.14 Å². The third kappa shape index (κ3) is 3.76. The van der Waals surface area contributed by atoms with E-state index < -0.39 is 10.2 Å². The summed E-state index contributed by atoms with van der Waals surface area (Å²) in [6.07, 6.45) is 2.63. The predicted octanol–water partition coefficient (Wildman–Crippen LogP) is 0.513. The monoisotopic (exact) mass is 334 g/mol. The van der Waals surface area contributed by atoms with Crippen LogP contribution in [0, 0.1) is 0 Å². The number of carbonyl (C=O) groups excluding carboxylic acids is 1. The number of piperazine rings is 1. The molecular formula is C12H19ClN4O3S. The van der Waals surface area contributed by atoms with Crippen molar-refractivity contribution < 1.29 is 13.2 Å². The number of carbonyl (C=O) groups is 1. The van der Waals surface area contributed by atoms with Crippen LogP contribution in [0.5, 0.6) is 0 Å². The van der Waals surface area contributed by atoms with Gasteiger partial charge in [-0.15, -0.1) is 0 Å². The van der Waals surface area contributed by atoms with Crippen molar-refractivity contribution in [2.45, 2.75) is 19.9 Å². The Hall–Kier alpha value is -1.09. The molecule has 2 heterocycles. The molecule has 1 aliphatic rings. The summed E-state index contributed by atoms with van der Waals surface area (Å²) in [7, 11) is -3.68. The number of nitrogens with zero attached hydrogens (tertiary/aromatic N) is 3. The van der Waals surface area contributed by atoms with Crippen molar-refractivity contribution in [2.75, 3.05) is 26.2 Å². The molecule has 1 amide bonds. The Morgan fingerprint density at radius 3 is 2.48 bits per heavy atom. The molecule has 9 heteroatoms. The first-order valence-electron chi connectivity index (χ1n) is 6.75. The SMILES string of the molecule is CCCn1cc(Cl)cc1C(=O)N1CCN(S(N)(=O)=O)CC1. The molecule has 2 N–H and O–H groups in total. The van der Waals surface area contributed by atoms with Crippen LogP contribution in [0.1, 0.15) is 23.8 Å². The Kier molecular flexibility index (Phi) is 4.92. The molecule has 0 radical (unpaired) electrons. The lowest BCUT2D eigenvalue weighted by atomic mass is 10.3. The molecule has 0 aliphatic carbocycles. The van der Waals surface area contributed by atoms with Gasteiger partial charge in [-0.1, -0.05) is 18.5 Å². The molecule has 7 nitrogen and oxygen atoms in total. The van der Waals surface area contributed by atoms with Gasteiger partial charge in [0.05, 0.1) is 5.02 Å². The molecule has 0 spiro atoms. The second-order valence-corrected chi connectivity index (χ2v) is 6.96. The van der Waals surface area contributed by atoms with Crippen LogP contribution in [0.25, 0.3) is 0 Å². The van der Waals surface area contributed by atoms with Crippen molar-refractivity contribution in [3.05, 3.63) is 23.0 Å². The fourth-order valence-corrected chi connectivity index (χ4v) is 3.28. The van der Waals surface area contributed by atoms with Gasteiger partial charge in [0.15, 0.2) is 0 Å². The predicted molar refractivity (Wildman–Crippen MR) is 80.3 cm³/mol.